The molecule has 2 N–H and O–H groups in total. The number of nitrogens with two attached hydrogens (primary N) is 1. The van der Waals surface area contributed by atoms with Gasteiger partial charge in [0.05, 0.1) is 0 Å². The Hall–Kier alpha value is -0.820. The monoisotopic (exact) mass is 231 g/mol. The van der Waals surface area contributed by atoms with Gasteiger partial charge in [0, 0.05) is 6.04 Å². The number of hydrogen-bond donors (Lipinski definition) is 1. The van der Waals surface area contributed by atoms with E-state index >= 15 is 0 Å². The molecule has 0 unspecified atom stereocenters. The molecule has 1 aromatic carbocycles. The van der Waals surface area contributed by atoms with Crippen molar-refractivity contribution in [3.8, 4) is 0 Å². The van der Waals surface area contributed by atoms with E-state index in [0.717, 1.165) is 0 Å². The third kappa shape index (κ3) is 3.10. The molecule has 0 aromatic heterocycles. The Bertz CT molecular complexity index is 350. The SMILES string of the molecule is CC(C)c1cccc([C@H](N)C2CCCCC2)c1. The van der Waals surface area contributed by atoms with Gasteiger partial charge >= 0.3 is 0 Å². The van der Waals surface area contributed by atoms with Crippen molar-refractivity contribution in [1.82, 2.24) is 0 Å². The van der Waals surface area contributed by atoms with Gasteiger partial charge in [0.15, 0.2) is 0 Å². The third-order valence-electron chi connectivity index (χ3n) is 4.12. The van der Waals surface area contributed by atoms with Crippen molar-refractivity contribution in [2.45, 2.75) is 57.9 Å². The van der Waals surface area contributed by atoms with Crippen LogP contribution in [-0.2, 0) is 0 Å². The second kappa shape index (κ2) is 5.68. The molecular formula is C16H25N. The second-order valence-corrected chi connectivity index (χ2v) is 5.75. The molecule has 0 aliphatic heterocycles. The molecular weight excluding hydrogens is 206 g/mol. The Morgan fingerprint density at radius 1 is 1.06 bits per heavy atom. The van der Waals surface area contributed by atoms with Crippen molar-refractivity contribution in [2.75, 3.05) is 0 Å². The van der Waals surface area contributed by atoms with Gasteiger partial charge in [0.2, 0.25) is 0 Å². The maximum absolute atomic E-state index is 6.44. The highest BCUT2D eigenvalue weighted by atomic mass is 14.7. The molecule has 0 amide bonds. The minimum Gasteiger partial charge on any atom is -0.324 e. The van der Waals surface area contributed by atoms with Crippen LogP contribution < -0.4 is 5.73 Å². The molecule has 1 fully saturated rings. The van der Waals surface area contributed by atoms with Crippen LogP contribution in [0.1, 0.15) is 69.0 Å². The lowest BCUT2D eigenvalue weighted by Crippen LogP contribution is -2.23. The van der Waals surface area contributed by atoms with Crippen LogP contribution in [0, 0.1) is 5.92 Å². The van der Waals surface area contributed by atoms with Crippen molar-refractivity contribution in [2.24, 2.45) is 11.7 Å². The van der Waals surface area contributed by atoms with Gasteiger partial charge in [-0.2, -0.15) is 0 Å². The fourth-order valence-electron chi connectivity index (χ4n) is 2.89. The molecule has 17 heavy (non-hydrogen) atoms. The van der Waals surface area contributed by atoms with E-state index in [1.807, 2.05) is 0 Å². The third-order valence-corrected chi connectivity index (χ3v) is 4.12. The first-order valence-electron chi connectivity index (χ1n) is 7.04. The molecule has 0 heterocycles. The van der Waals surface area contributed by atoms with Crippen LogP contribution in [0.4, 0.5) is 0 Å². The molecule has 2 rings (SSSR count). The fourth-order valence-corrected chi connectivity index (χ4v) is 2.89. The van der Waals surface area contributed by atoms with Crippen LogP contribution in [0.5, 0.6) is 0 Å². The largest absolute Gasteiger partial charge is 0.324 e. The zero-order chi connectivity index (χ0) is 12.3. The Morgan fingerprint density at radius 2 is 1.71 bits per heavy atom. The minimum atomic E-state index is 0.244. The van der Waals surface area contributed by atoms with E-state index in [4.69, 9.17) is 5.73 Å². The Kier molecular flexibility index (Phi) is 4.22. The predicted octanol–water partition coefficient (Wildman–Crippen LogP) is 4.39. The van der Waals surface area contributed by atoms with Crippen LogP contribution in [0.3, 0.4) is 0 Å². The van der Waals surface area contributed by atoms with Crippen molar-refractivity contribution in [3.63, 3.8) is 0 Å². The molecule has 94 valence electrons. The quantitative estimate of drug-likeness (QED) is 0.820. The van der Waals surface area contributed by atoms with Crippen LogP contribution in [0.2, 0.25) is 0 Å². The highest BCUT2D eigenvalue weighted by Gasteiger charge is 2.21. The lowest BCUT2D eigenvalue weighted by Gasteiger charge is -2.28. The topological polar surface area (TPSA) is 26.0 Å². The molecule has 0 radical (unpaired) electrons. The molecule has 0 bridgehead atoms. The van der Waals surface area contributed by atoms with E-state index in [0.29, 0.717) is 11.8 Å². The molecule has 1 saturated carbocycles. The van der Waals surface area contributed by atoms with E-state index in [1.54, 1.807) is 0 Å². The summed E-state index contributed by atoms with van der Waals surface area (Å²) in [6.45, 7) is 4.48. The minimum absolute atomic E-state index is 0.244. The summed E-state index contributed by atoms with van der Waals surface area (Å²) in [7, 11) is 0. The molecule has 1 aliphatic carbocycles. The van der Waals surface area contributed by atoms with Crippen molar-refractivity contribution >= 4 is 0 Å². The second-order valence-electron chi connectivity index (χ2n) is 5.75. The van der Waals surface area contributed by atoms with Gasteiger partial charge in [-0.1, -0.05) is 57.4 Å². The highest BCUT2D eigenvalue weighted by Crippen LogP contribution is 2.33. The molecule has 1 aromatic rings. The average Bonchev–Trinajstić information content (AvgIpc) is 2.39. The zero-order valence-electron chi connectivity index (χ0n) is 11.2. The number of benzene rings is 1. The van der Waals surface area contributed by atoms with Crippen LogP contribution in [-0.4, -0.2) is 0 Å². The Labute approximate surface area is 105 Å². The first kappa shape index (κ1) is 12.6. The summed E-state index contributed by atoms with van der Waals surface area (Å²) in [5.41, 5.74) is 9.19. The zero-order valence-corrected chi connectivity index (χ0v) is 11.2. The van der Waals surface area contributed by atoms with Gasteiger partial charge in [0.1, 0.15) is 0 Å². The molecule has 0 saturated heterocycles. The van der Waals surface area contributed by atoms with E-state index < -0.39 is 0 Å². The summed E-state index contributed by atoms with van der Waals surface area (Å²) >= 11 is 0. The highest BCUT2D eigenvalue weighted by molar-refractivity contribution is 5.28. The lowest BCUT2D eigenvalue weighted by molar-refractivity contribution is 0.308. The average molecular weight is 231 g/mol. The van der Waals surface area contributed by atoms with Gasteiger partial charge < -0.3 is 5.73 Å². The van der Waals surface area contributed by atoms with Crippen molar-refractivity contribution in [3.05, 3.63) is 35.4 Å². The van der Waals surface area contributed by atoms with E-state index in [1.165, 1.54) is 43.2 Å². The standard InChI is InChI=1S/C16H25N/c1-12(2)14-9-6-10-15(11-14)16(17)13-7-4-3-5-8-13/h6,9-13,16H,3-5,7-8,17H2,1-2H3/t16-/m1/s1. The van der Waals surface area contributed by atoms with Crippen LogP contribution >= 0.6 is 0 Å². The van der Waals surface area contributed by atoms with Gasteiger partial charge in [-0.15, -0.1) is 0 Å². The summed E-state index contributed by atoms with van der Waals surface area (Å²) in [4.78, 5) is 0. The van der Waals surface area contributed by atoms with Gasteiger partial charge in [-0.3, -0.25) is 0 Å². The first-order chi connectivity index (χ1) is 8.18. The lowest BCUT2D eigenvalue weighted by atomic mass is 9.81. The van der Waals surface area contributed by atoms with Crippen molar-refractivity contribution in [1.29, 1.82) is 0 Å². The fraction of sp³-hybridized carbons (Fsp3) is 0.625. The van der Waals surface area contributed by atoms with Crippen molar-refractivity contribution < 1.29 is 0 Å². The molecule has 1 aliphatic rings. The summed E-state index contributed by atoms with van der Waals surface area (Å²) in [6, 6.07) is 9.12. The molecule has 1 nitrogen and oxygen atoms in total. The molecule has 1 atom stereocenters. The normalized spacial score (nSPS) is 19.5. The number of rotatable bonds is 3. The maximum Gasteiger partial charge on any atom is 0.0323 e. The summed E-state index contributed by atoms with van der Waals surface area (Å²) in [5, 5.41) is 0. The number of hydrogen-bond acceptors (Lipinski definition) is 1. The van der Waals surface area contributed by atoms with E-state index in [9.17, 15) is 0 Å². The van der Waals surface area contributed by atoms with E-state index in [-0.39, 0.29) is 6.04 Å². The smallest absolute Gasteiger partial charge is 0.0323 e. The van der Waals surface area contributed by atoms with Gasteiger partial charge in [-0.25, -0.2) is 0 Å². The Balaban J connectivity index is 2.12. The van der Waals surface area contributed by atoms with E-state index in [2.05, 4.69) is 38.1 Å². The van der Waals surface area contributed by atoms with Gasteiger partial charge in [-0.05, 0) is 35.8 Å². The Morgan fingerprint density at radius 3 is 2.35 bits per heavy atom. The predicted molar refractivity (Wildman–Crippen MR) is 74.0 cm³/mol. The van der Waals surface area contributed by atoms with Crippen LogP contribution in [0.15, 0.2) is 24.3 Å². The van der Waals surface area contributed by atoms with Gasteiger partial charge in [0.25, 0.3) is 0 Å². The maximum atomic E-state index is 6.44. The molecule has 0 spiro atoms. The summed E-state index contributed by atoms with van der Waals surface area (Å²) in [6.07, 6.45) is 6.75. The summed E-state index contributed by atoms with van der Waals surface area (Å²) in [5.74, 6) is 1.29. The van der Waals surface area contributed by atoms with Crippen LogP contribution in [0.25, 0.3) is 0 Å². The summed E-state index contributed by atoms with van der Waals surface area (Å²) < 4.78 is 0. The first-order valence-corrected chi connectivity index (χ1v) is 7.04. The molecule has 1 heteroatoms.